The highest BCUT2D eigenvalue weighted by atomic mass is 35.5. The highest BCUT2D eigenvalue weighted by Crippen LogP contribution is 2.22. The van der Waals surface area contributed by atoms with E-state index in [1.165, 1.54) is 0 Å². The fourth-order valence-corrected chi connectivity index (χ4v) is 2.84. The third-order valence-electron chi connectivity index (χ3n) is 4.18. The number of aromatic nitrogens is 2. The van der Waals surface area contributed by atoms with E-state index < -0.39 is 5.91 Å². The molecule has 0 aliphatic rings. The highest BCUT2D eigenvalue weighted by Gasteiger charge is 2.10. The second kappa shape index (κ2) is 9.07. The Morgan fingerprint density at radius 1 is 0.967 bits per heavy atom. The number of nitrogens with one attached hydrogen (secondary N) is 2. The number of hydrogen-bond donors (Lipinski definition) is 2. The zero-order valence-corrected chi connectivity index (χ0v) is 16.5. The molecule has 2 N–H and O–H groups in total. The summed E-state index contributed by atoms with van der Waals surface area (Å²) in [7, 11) is 0. The molecule has 0 bridgehead atoms. The standard InChI is InChI=1S/C23H17ClN4O2/c24-18-11-9-17(10-12-18)21-14-22(27-26-21)23(29)28-25-15-16-5-4-8-20(13-16)30-19-6-2-1-3-7-19/h1-15H,(H,26,27)(H,28,29)/b25-15-. The van der Waals surface area contributed by atoms with Crippen LogP contribution in [0.3, 0.4) is 0 Å². The second-order valence-corrected chi connectivity index (χ2v) is 6.80. The van der Waals surface area contributed by atoms with Crippen molar-refractivity contribution in [1.29, 1.82) is 0 Å². The van der Waals surface area contributed by atoms with Crippen LogP contribution in [0, 0.1) is 0 Å². The Labute approximate surface area is 178 Å². The summed E-state index contributed by atoms with van der Waals surface area (Å²) >= 11 is 5.90. The van der Waals surface area contributed by atoms with Crippen molar-refractivity contribution in [3.8, 4) is 22.8 Å². The maximum Gasteiger partial charge on any atom is 0.289 e. The Kier molecular flexibility index (Phi) is 5.87. The van der Waals surface area contributed by atoms with Gasteiger partial charge in [-0.2, -0.15) is 10.2 Å². The van der Waals surface area contributed by atoms with Crippen molar-refractivity contribution in [2.45, 2.75) is 0 Å². The fraction of sp³-hybridized carbons (Fsp3) is 0. The predicted octanol–water partition coefficient (Wildman–Crippen LogP) is 5.29. The van der Waals surface area contributed by atoms with Crippen LogP contribution in [0.5, 0.6) is 11.5 Å². The van der Waals surface area contributed by atoms with E-state index in [1.807, 2.05) is 66.7 Å². The molecule has 0 fully saturated rings. The molecule has 4 rings (SSSR count). The van der Waals surface area contributed by atoms with Gasteiger partial charge in [-0.1, -0.05) is 54.1 Å². The van der Waals surface area contributed by atoms with E-state index in [2.05, 4.69) is 20.7 Å². The lowest BCUT2D eigenvalue weighted by Gasteiger charge is -2.05. The smallest absolute Gasteiger partial charge is 0.289 e. The number of nitrogens with zero attached hydrogens (tertiary/aromatic N) is 2. The van der Waals surface area contributed by atoms with Crippen molar-refractivity contribution in [3.05, 3.63) is 101 Å². The van der Waals surface area contributed by atoms with E-state index in [-0.39, 0.29) is 0 Å². The highest BCUT2D eigenvalue weighted by molar-refractivity contribution is 6.30. The van der Waals surface area contributed by atoms with E-state index in [9.17, 15) is 4.79 Å². The van der Waals surface area contributed by atoms with Gasteiger partial charge < -0.3 is 4.74 Å². The lowest BCUT2D eigenvalue weighted by Crippen LogP contribution is -2.18. The Morgan fingerprint density at radius 2 is 1.73 bits per heavy atom. The van der Waals surface area contributed by atoms with Crippen molar-refractivity contribution in [2.75, 3.05) is 0 Å². The van der Waals surface area contributed by atoms with Gasteiger partial charge in [0.25, 0.3) is 5.91 Å². The van der Waals surface area contributed by atoms with Crippen molar-refractivity contribution >= 4 is 23.7 Å². The van der Waals surface area contributed by atoms with Gasteiger partial charge in [-0.25, -0.2) is 5.43 Å². The fourth-order valence-electron chi connectivity index (χ4n) is 2.72. The molecule has 0 radical (unpaired) electrons. The molecule has 0 saturated heterocycles. The summed E-state index contributed by atoms with van der Waals surface area (Å²) in [6.07, 6.45) is 1.55. The average molecular weight is 417 g/mol. The molecule has 0 saturated carbocycles. The van der Waals surface area contributed by atoms with E-state index in [4.69, 9.17) is 16.3 Å². The molecule has 4 aromatic rings. The van der Waals surface area contributed by atoms with Gasteiger partial charge in [0.15, 0.2) is 0 Å². The van der Waals surface area contributed by atoms with Crippen LogP contribution in [0.15, 0.2) is 90.0 Å². The van der Waals surface area contributed by atoms with E-state index >= 15 is 0 Å². The van der Waals surface area contributed by atoms with Gasteiger partial charge >= 0.3 is 0 Å². The van der Waals surface area contributed by atoms with E-state index in [0.717, 1.165) is 16.9 Å². The minimum absolute atomic E-state index is 0.304. The van der Waals surface area contributed by atoms with Gasteiger partial charge in [0.1, 0.15) is 17.2 Å². The lowest BCUT2D eigenvalue weighted by molar-refractivity contribution is 0.0950. The Morgan fingerprint density at radius 3 is 2.53 bits per heavy atom. The van der Waals surface area contributed by atoms with Crippen LogP contribution in [0.1, 0.15) is 16.1 Å². The summed E-state index contributed by atoms with van der Waals surface area (Å²) in [4.78, 5) is 12.3. The molecule has 30 heavy (non-hydrogen) atoms. The number of carbonyl (C=O) groups is 1. The quantitative estimate of drug-likeness (QED) is 0.331. The Hall–Kier alpha value is -3.90. The van der Waals surface area contributed by atoms with Gasteiger partial charge in [0.2, 0.25) is 0 Å². The molecule has 0 aliphatic carbocycles. The topological polar surface area (TPSA) is 79.4 Å². The first-order valence-electron chi connectivity index (χ1n) is 9.15. The number of para-hydroxylation sites is 1. The molecule has 1 aromatic heterocycles. The van der Waals surface area contributed by atoms with Crippen LogP contribution in [-0.2, 0) is 0 Å². The molecular formula is C23H17ClN4O2. The van der Waals surface area contributed by atoms with Crippen LogP contribution < -0.4 is 10.2 Å². The van der Waals surface area contributed by atoms with Crippen LogP contribution in [0.4, 0.5) is 0 Å². The Balaban J connectivity index is 1.38. The van der Waals surface area contributed by atoms with Gasteiger partial charge in [0, 0.05) is 10.6 Å². The van der Waals surface area contributed by atoms with Crippen molar-refractivity contribution in [3.63, 3.8) is 0 Å². The number of hydrogen-bond acceptors (Lipinski definition) is 4. The van der Waals surface area contributed by atoms with Crippen molar-refractivity contribution < 1.29 is 9.53 Å². The number of carbonyl (C=O) groups excluding carboxylic acids is 1. The number of halogens is 1. The number of amides is 1. The first kappa shape index (κ1) is 19.4. The molecule has 0 atom stereocenters. The lowest BCUT2D eigenvalue weighted by atomic mass is 10.1. The molecule has 1 amide bonds. The summed E-state index contributed by atoms with van der Waals surface area (Å²) in [5.41, 5.74) is 5.08. The summed E-state index contributed by atoms with van der Waals surface area (Å²) in [5, 5.41) is 11.5. The normalized spacial score (nSPS) is 10.8. The number of H-pyrrole nitrogens is 1. The first-order chi connectivity index (χ1) is 14.7. The zero-order valence-electron chi connectivity index (χ0n) is 15.7. The summed E-state index contributed by atoms with van der Waals surface area (Å²) in [6, 6.07) is 25.8. The number of benzene rings is 3. The molecule has 1 heterocycles. The minimum Gasteiger partial charge on any atom is -0.457 e. The maximum atomic E-state index is 12.3. The van der Waals surface area contributed by atoms with Crippen LogP contribution in [0.25, 0.3) is 11.3 Å². The number of ether oxygens (including phenoxy) is 1. The number of rotatable bonds is 6. The molecule has 0 aliphatic heterocycles. The van der Waals surface area contributed by atoms with Crippen molar-refractivity contribution in [1.82, 2.24) is 15.6 Å². The molecule has 6 nitrogen and oxygen atoms in total. The molecule has 0 unspecified atom stereocenters. The van der Waals surface area contributed by atoms with Crippen LogP contribution in [-0.4, -0.2) is 22.3 Å². The number of aromatic amines is 1. The average Bonchev–Trinajstić information content (AvgIpc) is 3.26. The number of hydrazone groups is 1. The zero-order chi connectivity index (χ0) is 20.8. The largest absolute Gasteiger partial charge is 0.457 e. The third kappa shape index (κ3) is 4.92. The van der Waals surface area contributed by atoms with Gasteiger partial charge in [0.05, 0.1) is 11.9 Å². The van der Waals surface area contributed by atoms with E-state index in [0.29, 0.717) is 22.2 Å². The molecular weight excluding hydrogens is 400 g/mol. The monoisotopic (exact) mass is 416 g/mol. The van der Waals surface area contributed by atoms with Crippen molar-refractivity contribution in [2.24, 2.45) is 5.10 Å². The summed E-state index contributed by atoms with van der Waals surface area (Å²) in [5.74, 6) is 1.03. The van der Waals surface area contributed by atoms with Gasteiger partial charge in [-0.15, -0.1) is 0 Å². The first-order valence-corrected chi connectivity index (χ1v) is 9.53. The predicted molar refractivity (Wildman–Crippen MR) is 117 cm³/mol. The van der Waals surface area contributed by atoms with Gasteiger partial charge in [-0.05, 0) is 48.0 Å². The molecule has 148 valence electrons. The SMILES string of the molecule is O=C(N/N=C\c1cccc(Oc2ccccc2)c1)c1cc(-c2ccc(Cl)cc2)n[nH]1. The van der Waals surface area contributed by atoms with E-state index in [1.54, 1.807) is 24.4 Å². The van der Waals surface area contributed by atoms with Gasteiger partial charge in [-0.3, -0.25) is 9.89 Å². The molecule has 3 aromatic carbocycles. The summed E-state index contributed by atoms with van der Waals surface area (Å²) in [6.45, 7) is 0. The second-order valence-electron chi connectivity index (χ2n) is 6.36. The third-order valence-corrected chi connectivity index (χ3v) is 4.43. The summed E-state index contributed by atoms with van der Waals surface area (Å²) < 4.78 is 5.80. The van der Waals surface area contributed by atoms with Crippen LogP contribution >= 0.6 is 11.6 Å². The maximum absolute atomic E-state index is 12.3. The minimum atomic E-state index is -0.393. The Bertz CT molecular complexity index is 1170. The van der Waals surface area contributed by atoms with Crippen LogP contribution in [0.2, 0.25) is 5.02 Å². The molecule has 7 heteroatoms. The molecule has 0 spiro atoms.